The van der Waals surface area contributed by atoms with Crippen LogP contribution in [-0.4, -0.2) is 27.6 Å². The second kappa shape index (κ2) is 8.37. The van der Waals surface area contributed by atoms with Crippen molar-refractivity contribution in [2.75, 3.05) is 11.9 Å². The van der Waals surface area contributed by atoms with Gasteiger partial charge in [-0.05, 0) is 67.8 Å². The highest BCUT2D eigenvalue weighted by Gasteiger charge is 2.33. The van der Waals surface area contributed by atoms with E-state index in [9.17, 15) is 22.4 Å². The second-order valence-electron chi connectivity index (χ2n) is 7.17. The molecule has 0 saturated carbocycles. The maximum Gasteiger partial charge on any atom is 0.416 e. The molecule has 1 saturated heterocycles. The van der Waals surface area contributed by atoms with E-state index in [-0.39, 0.29) is 23.2 Å². The Morgan fingerprint density at radius 1 is 1.06 bits per heavy atom. The molecule has 10 heteroatoms. The highest BCUT2D eigenvalue weighted by atomic mass is 19.4. The van der Waals surface area contributed by atoms with Crippen LogP contribution in [0.5, 0.6) is 0 Å². The molecule has 2 heterocycles. The smallest absolute Gasteiger partial charge is 0.337 e. The lowest BCUT2D eigenvalue weighted by Gasteiger charge is -2.33. The van der Waals surface area contributed by atoms with Crippen LogP contribution < -0.4 is 5.32 Å². The van der Waals surface area contributed by atoms with E-state index < -0.39 is 23.8 Å². The van der Waals surface area contributed by atoms with E-state index in [1.807, 2.05) is 0 Å². The lowest BCUT2D eigenvalue weighted by Crippen LogP contribution is -2.41. The number of hydrogen-bond acceptors (Lipinski definition) is 4. The molecule has 0 bridgehead atoms. The number of amides is 2. The van der Waals surface area contributed by atoms with Crippen LogP contribution in [0.2, 0.25) is 0 Å². The predicted octanol–water partition coefficient (Wildman–Crippen LogP) is 5.65. The minimum absolute atomic E-state index is 0.250. The second-order valence-corrected chi connectivity index (χ2v) is 7.17. The first-order valence-electron chi connectivity index (χ1n) is 9.66. The lowest BCUT2D eigenvalue weighted by molar-refractivity contribution is -0.137. The van der Waals surface area contributed by atoms with Crippen LogP contribution in [0.3, 0.4) is 0 Å². The molecule has 2 amide bonds. The third kappa shape index (κ3) is 4.68. The fourth-order valence-corrected chi connectivity index (χ4v) is 3.46. The highest BCUT2D eigenvalue weighted by Crippen LogP contribution is 2.33. The molecule has 0 aliphatic carbocycles. The first-order valence-corrected chi connectivity index (χ1v) is 9.66. The van der Waals surface area contributed by atoms with Crippen molar-refractivity contribution in [2.45, 2.75) is 31.5 Å². The van der Waals surface area contributed by atoms with Crippen LogP contribution in [-0.2, 0) is 6.18 Å². The Labute approximate surface area is 174 Å². The van der Waals surface area contributed by atoms with Crippen LogP contribution in [0, 0.1) is 5.82 Å². The lowest BCUT2D eigenvalue weighted by atomic mass is 10.0. The summed E-state index contributed by atoms with van der Waals surface area (Å²) in [6.07, 6.45) is -2.22. The van der Waals surface area contributed by atoms with Crippen LogP contribution in [0.1, 0.15) is 36.8 Å². The zero-order valence-corrected chi connectivity index (χ0v) is 16.2. The third-order valence-electron chi connectivity index (χ3n) is 5.06. The summed E-state index contributed by atoms with van der Waals surface area (Å²) < 4.78 is 56.7. The molecular weight excluding hydrogens is 416 g/mol. The number of urea groups is 1. The Balaban J connectivity index is 1.50. The van der Waals surface area contributed by atoms with Crippen molar-refractivity contribution in [3.8, 4) is 11.4 Å². The van der Waals surface area contributed by atoms with Crippen LogP contribution >= 0.6 is 0 Å². The Morgan fingerprint density at radius 2 is 1.77 bits per heavy atom. The number of hydrogen-bond donors (Lipinski definition) is 1. The Kier molecular flexibility index (Phi) is 5.62. The Hall–Kier alpha value is -3.43. The minimum Gasteiger partial charge on any atom is -0.337 e. The largest absolute Gasteiger partial charge is 0.416 e. The Bertz CT molecular complexity index is 1050. The van der Waals surface area contributed by atoms with Crippen LogP contribution in [0.4, 0.5) is 28.0 Å². The van der Waals surface area contributed by atoms with Gasteiger partial charge in [0.15, 0.2) is 0 Å². The molecule has 162 valence electrons. The molecule has 4 rings (SSSR count). The van der Waals surface area contributed by atoms with E-state index in [1.54, 1.807) is 0 Å². The fraction of sp³-hybridized carbons (Fsp3) is 0.286. The van der Waals surface area contributed by atoms with Crippen molar-refractivity contribution in [2.24, 2.45) is 0 Å². The molecule has 31 heavy (non-hydrogen) atoms. The van der Waals surface area contributed by atoms with Crippen molar-refractivity contribution < 1.29 is 26.9 Å². The van der Waals surface area contributed by atoms with Crippen molar-refractivity contribution in [1.29, 1.82) is 0 Å². The molecule has 1 atom stereocenters. The number of piperidine rings is 1. The molecule has 1 aromatic heterocycles. The average molecular weight is 434 g/mol. The van der Waals surface area contributed by atoms with Gasteiger partial charge in [0.05, 0.1) is 5.56 Å². The van der Waals surface area contributed by atoms with Crippen molar-refractivity contribution in [3.05, 3.63) is 65.8 Å². The van der Waals surface area contributed by atoms with Gasteiger partial charge in [-0.1, -0.05) is 5.16 Å². The highest BCUT2D eigenvalue weighted by molar-refractivity contribution is 5.89. The van der Waals surface area contributed by atoms with Crippen LogP contribution in [0.15, 0.2) is 53.1 Å². The van der Waals surface area contributed by atoms with Gasteiger partial charge in [-0.15, -0.1) is 0 Å². The van der Waals surface area contributed by atoms with Gasteiger partial charge in [0.2, 0.25) is 11.7 Å². The maximum absolute atomic E-state index is 13.1. The number of nitrogens with one attached hydrogen (secondary N) is 1. The number of alkyl halides is 3. The third-order valence-corrected chi connectivity index (χ3v) is 5.06. The SMILES string of the molecule is O=C(Nc1ccc(C(F)(F)F)cc1)N1CCCCC1c1nc(-c2ccc(F)cc2)no1. The number of anilines is 1. The first kappa shape index (κ1) is 20.8. The van der Waals surface area contributed by atoms with E-state index in [2.05, 4.69) is 15.5 Å². The van der Waals surface area contributed by atoms with E-state index in [1.165, 1.54) is 41.3 Å². The summed E-state index contributed by atoms with van der Waals surface area (Å²) in [6.45, 7) is 0.436. The quantitative estimate of drug-likeness (QED) is 0.541. The predicted molar refractivity (Wildman–Crippen MR) is 103 cm³/mol. The maximum atomic E-state index is 13.1. The van der Waals surface area contributed by atoms with Gasteiger partial charge in [-0.3, -0.25) is 0 Å². The number of rotatable bonds is 3. The molecule has 1 fully saturated rings. The standard InChI is InChI=1S/C21H18F4N4O2/c22-15-8-4-13(5-9-15)18-27-19(31-28-18)17-3-1-2-12-29(17)20(30)26-16-10-6-14(7-11-16)21(23,24)25/h4-11,17H,1-3,12H2,(H,26,30). The number of aromatic nitrogens is 2. The van der Waals surface area contributed by atoms with Crippen molar-refractivity contribution >= 4 is 11.7 Å². The molecule has 0 spiro atoms. The average Bonchev–Trinajstić information content (AvgIpc) is 3.24. The summed E-state index contributed by atoms with van der Waals surface area (Å²) in [5, 5.41) is 6.55. The number of carbonyl (C=O) groups excluding carboxylic acids is 1. The van der Waals surface area contributed by atoms with Gasteiger partial charge >= 0.3 is 12.2 Å². The molecule has 6 nitrogen and oxygen atoms in total. The zero-order valence-electron chi connectivity index (χ0n) is 16.2. The van der Waals surface area contributed by atoms with Crippen molar-refractivity contribution in [3.63, 3.8) is 0 Å². The van der Waals surface area contributed by atoms with Gasteiger partial charge < -0.3 is 14.7 Å². The van der Waals surface area contributed by atoms with E-state index in [0.717, 1.165) is 25.0 Å². The molecule has 1 aliphatic rings. The summed E-state index contributed by atoms with van der Waals surface area (Å²) in [5.41, 5.74) is 0.0355. The molecule has 0 radical (unpaired) electrons. The van der Waals surface area contributed by atoms with E-state index in [4.69, 9.17) is 4.52 Å². The molecular formula is C21H18F4N4O2. The van der Waals surface area contributed by atoms with E-state index in [0.29, 0.717) is 18.5 Å². The number of benzene rings is 2. The molecule has 2 aromatic carbocycles. The Morgan fingerprint density at radius 3 is 2.45 bits per heavy atom. The molecule has 1 N–H and O–H groups in total. The topological polar surface area (TPSA) is 71.3 Å². The number of likely N-dealkylation sites (tertiary alicyclic amines) is 1. The number of carbonyl (C=O) groups is 1. The van der Waals surface area contributed by atoms with Gasteiger partial charge in [-0.2, -0.15) is 18.2 Å². The monoisotopic (exact) mass is 434 g/mol. The molecule has 1 unspecified atom stereocenters. The molecule has 3 aromatic rings. The normalized spacial score (nSPS) is 16.9. The van der Waals surface area contributed by atoms with Gasteiger partial charge in [0, 0.05) is 17.8 Å². The first-order chi connectivity index (χ1) is 14.8. The summed E-state index contributed by atoms with van der Waals surface area (Å²) >= 11 is 0. The van der Waals surface area contributed by atoms with E-state index >= 15 is 0 Å². The summed E-state index contributed by atoms with van der Waals surface area (Å²) in [4.78, 5) is 18.7. The summed E-state index contributed by atoms with van der Waals surface area (Å²) in [5.74, 6) is 0.149. The van der Waals surface area contributed by atoms with Gasteiger partial charge in [-0.25, -0.2) is 9.18 Å². The zero-order chi connectivity index (χ0) is 22.0. The van der Waals surface area contributed by atoms with Gasteiger partial charge in [0.25, 0.3) is 0 Å². The minimum atomic E-state index is -4.44. The van der Waals surface area contributed by atoms with Crippen molar-refractivity contribution in [1.82, 2.24) is 15.0 Å². The number of halogens is 4. The summed E-state index contributed by atoms with van der Waals surface area (Å²) in [7, 11) is 0. The summed E-state index contributed by atoms with van der Waals surface area (Å²) in [6, 6.07) is 8.94. The molecule has 1 aliphatic heterocycles. The fourth-order valence-electron chi connectivity index (χ4n) is 3.46. The van der Waals surface area contributed by atoms with Crippen LogP contribution in [0.25, 0.3) is 11.4 Å². The number of nitrogens with zero attached hydrogens (tertiary/aromatic N) is 3. The van der Waals surface area contributed by atoms with Gasteiger partial charge in [0.1, 0.15) is 11.9 Å².